The van der Waals surface area contributed by atoms with E-state index in [2.05, 4.69) is 75.6 Å². The Hall–Kier alpha value is -3.60. The van der Waals surface area contributed by atoms with Crippen LogP contribution in [0.15, 0.2) is 82.3 Å². The number of rotatable bonds is 8. The minimum atomic E-state index is -0.0568. The van der Waals surface area contributed by atoms with E-state index >= 15 is 0 Å². The van der Waals surface area contributed by atoms with Crippen molar-refractivity contribution in [1.29, 1.82) is 0 Å². The number of ketones is 1. The molecule has 5 heteroatoms. The second-order valence-corrected chi connectivity index (χ2v) is 10.1. The van der Waals surface area contributed by atoms with Crippen LogP contribution < -0.4 is 5.32 Å². The number of nitrogens with one attached hydrogen (secondary N) is 1. The maximum absolute atomic E-state index is 12.9. The van der Waals surface area contributed by atoms with Gasteiger partial charge in [-0.15, -0.1) is 0 Å². The van der Waals surface area contributed by atoms with Crippen LogP contribution in [0.1, 0.15) is 64.5 Å². The summed E-state index contributed by atoms with van der Waals surface area (Å²) in [6.07, 6.45) is 4.76. The number of benzene rings is 2. The third kappa shape index (κ3) is 7.00. The van der Waals surface area contributed by atoms with Gasteiger partial charge in [-0.1, -0.05) is 63.3 Å². The van der Waals surface area contributed by atoms with Crippen LogP contribution in [-0.4, -0.2) is 37.7 Å². The molecule has 1 aliphatic rings. The molecule has 0 aromatic heterocycles. The fourth-order valence-electron chi connectivity index (χ4n) is 4.61. The van der Waals surface area contributed by atoms with Gasteiger partial charge < -0.3 is 5.32 Å². The normalized spacial score (nSPS) is 20.8. The van der Waals surface area contributed by atoms with E-state index in [1.165, 1.54) is 5.56 Å². The molecule has 0 bridgehead atoms. The molecule has 0 aliphatic heterocycles. The molecule has 3 rings (SSSR count). The van der Waals surface area contributed by atoms with E-state index in [0.717, 1.165) is 47.4 Å². The first kappa shape index (κ1) is 28.0. The number of allylic oxidation sites excluding steroid dienone is 2. The monoisotopic (exact) mass is 498 g/mol. The van der Waals surface area contributed by atoms with E-state index < -0.39 is 0 Å². The summed E-state index contributed by atoms with van der Waals surface area (Å²) < 4.78 is 5.06. The highest BCUT2D eigenvalue weighted by Gasteiger charge is 2.25. The number of hydrogen-bond acceptors (Lipinski definition) is 3. The molecule has 0 amide bonds. The molecule has 5 nitrogen and oxygen atoms in total. The lowest BCUT2D eigenvalue weighted by Gasteiger charge is -2.29. The summed E-state index contributed by atoms with van der Waals surface area (Å²) in [5.74, 6) is 1.68. The van der Waals surface area contributed by atoms with Gasteiger partial charge in [0.1, 0.15) is 0 Å². The van der Waals surface area contributed by atoms with E-state index in [0.29, 0.717) is 24.6 Å². The molecule has 0 fully saturated rings. The Morgan fingerprint density at radius 1 is 1.22 bits per heavy atom. The van der Waals surface area contributed by atoms with Gasteiger partial charge in [0.25, 0.3) is 6.79 Å². The summed E-state index contributed by atoms with van der Waals surface area (Å²) in [6.45, 7) is 16.9. The molecule has 0 saturated heterocycles. The summed E-state index contributed by atoms with van der Waals surface area (Å²) in [4.78, 5) is 22.2. The Balaban J connectivity index is 1.74. The van der Waals surface area contributed by atoms with Gasteiger partial charge in [-0.25, -0.2) is 9.42 Å². The number of carbonyl (C=O) groups is 1. The number of amidine groups is 1. The zero-order valence-electron chi connectivity index (χ0n) is 22.9. The molecule has 194 valence electrons. The zero-order valence-corrected chi connectivity index (χ0v) is 22.9. The van der Waals surface area contributed by atoms with Gasteiger partial charge in [0, 0.05) is 48.5 Å². The highest BCUT2D eigenvalue weighted by Crippen LogP contribution is 2.34. The summed E-state index contributed by atoms with van der Waals surface area (Å²) in [5.41, 5.74) is 6.20. The van der Waals surface area contributed by atoms with Gasteiger partial charge in [0.2, 0.25) is 0 Å². The quantitative estimate of drug-likeness (QED) is 0.180. The van der Waals surface area contributed by atoms with Gasteiger partial charge in [0.05, 0.1) is 6.07 Å². The van der Waals surface area contributed by atoms with Crippen molar-refractivity contribution in [3.63, 3.8) is 0 Å². The van der Waals surface area contributed by atoms with Crippen molar-refractivity contribution in [2.45, 2.75) is 58.8 Å². The molecular formula is C32H40N3O2+. The van der Waals surface area contributed by atoms with E-state index in [9.17, 15) is 4.79 Å². The van der Waals surface area contributed by atoms with Crippen LogP contribution in [0.2, 0.25) is 0 Å². The average Bonchev–Trinajstić information content (AvgIpc) is 2.91. The lowest BCUT2D eigenvalue weighted by atomic mass is 9.75. The second kappa shape index (κ2) is 12.6. The third-order valence-corrected chi connectivity index (χ3v) is 7.63. The van der Waals surface area contributed by atoms with Crippen molar-refractivity contribution in [2.24, 2.45) is 15.9 Å². The lowest BCUT2D eigenvalue weighted by molar-refractivity contribution is -0.354. The predicted molar refractivity (Wildman–Crippen MR) is 156 cm³/mol. The molecule has 0 saturated carbocycles. The fraction of sp³-hybridized carbons (Fsp3) is 0.375. The second-order valence-electron chi connectivity index (χ2n) is 10.1. The smallest absolute Gasteiger partial charge is 0.353 e. The molecule has 0 heterocycles. The highest BCUT2D eigenvalue weighted by atomic mass is 16.4. The number of hydrogen-bond donors (Lipinski definition) is 1. The Labute approximate surface area is 221 Å². The Kier molecular flexibility index (Phi) is 9.51. The first-order chi connectivity index (χ1) is 17.7. The molecule has 0 spiro atoms. The summed E-state index contributed by atoms with van der Waals surface area (Å²) in [7, 11) is 1.75. The summed E-state index contributed by atoms with van der Waals surface area (Å²) in [5, 5.41) is 3.41. The number of aliphatic imine (C=N–C) groups is 2. The van der Waals surface area contributed by atoms with Crippen LogP contribution in [0.4, 0.5) is 5.69 Å². The summed E-state index contributed by atoms with van der Waals surface area (Å²) >= 11 is 0. The van der Waals surface area contributed by atoms with Gasteiger partial charge >= 0.3 is 5.75 Å². The van der Waals surface area contributed by atoms with Crippen molar-refractivity contribution in [2.75, 3.05) is 18.9 Å². The minimum absolute atomic E-state index is 0.0568. The molecule has 37 heavy (non-hydrogen) atoms. The van der Waals surface area contributed by atoms with E-state index in [-0.39, 0.29) is 17.1 Å². The van der Waals surface area contributed by atoms with Gasteiger partial charge in [-0.2, -0.15) is 0 Å². The topological polar surface area (TPSA) is 65.1 Å². The number of carbonyl (C=O) groups excluding carboxylic acids is 2. The van der Waals surface area contributed by atoms with Crippen molar-refractivity contribution >= 4 is 29.8 Å². The lowest BCUT2D eigenvalue weighted by Crippen LogP contribution is -2.22. The third-order valence-electron chi connectivity index (χ3n) is 7.63. The Morgan fingerprint density at radius 2 is 1.95 bits per heavy atom. The van der Waals surface area contributed by atoms with Crippen molar-refractivity contribution in [1.82, 2.24) is 0 Å². The van der Waals surface area contributed by atoms with Crippen LogP contribution >= 0.6 is 0 Å². The van der Waals surface area contributed by atoms with Crippen molar-refractivity contribution < 1.29 is 9.22 Å². The molecule has 1 aliphatic carbocycles. The number of nitrogens with zero attached hydrogens (tertiary/aromatic N) is 2. The first-order valence-electron chi connectivity index (χ1n) is 13.0. The Bertz CT molecular complexity index is 1240. The predicted octanol–water partition coefficient (Wildman–Crippen LogP) is 7.25. The van der Waals surface area contributed by atoms with Crippen molar-refractivity contribution in [3.05, 3.63) is 83.5 Å². The largest absolute Gasteiger partial charge is 0.381 e. The molecule has 2 aromatic carbocycles. The fourth-order valence-corrected chi connectivity index (χ4v) is 4.61. The zero-order chi connectivity index (χ0) is 27.0. The van der Waals surface area contributed by atoms with E-state index in [4.69, 9.17) is 9.42 Å². The van der Waals surface area contributed by atoms with Crippen LogP contribution in [0.3, 0.4) is 0 Å². The number of anilines is 1. The average molecular weight is 499 g/mol. The molecule has 2 aromatic rings. The van der Waals surface area contributed by atoms with E-state index in [1.807, 2.05) is 24.3 Å². The van der Waals surface area contributed by atoms with Crippen LogP contribution in [0, 0.1) is 5.92 Å². The van der Waals surface area contributed by atoms with E-state index in [1.54, 1.807) is 13.1 Å². The van der Waals surface area contributed by atoms with Gasteiger partial charge in [-0.3, -0.25) is 9.79 Å². The highest BCUT2D eigenvalue weighted by molar-refractivity contribution is 6.13. The van der Waals surface area contributed by atoms with Crippen LogP contribution in [-0.2, 0) is 14.6 Å². The molecular weight excluding hydrogens is 458 g/mol. The molecule has 0 radical (unpaired) electrons. The molecule has 2 unspecified atom stereocenters. The van der Waals surface area contributed by atoms with Crippen molar-refractivity contribution in [3.8, 4) is 5.75 Å². The molecule has 1 N–H and O–H groups in total. The minimum Gasteiger partial charge on any atom is -0.381 e. The maximum Gasteiger partial charge on any atom is 0.353 e. The SMILES string of the molecule is C=[O+]c1cccc(NC/C2=C/C(=O)CC(=NC(=NC)c3ccc(C(C)(CC)C(=C)C)cc3)CCC2C)c1. The van der Waals surface area contributed by atoms with Gasteiger partial charge in [-0.05, 0) is 55.4 Å². The Morgan fingerprint density at radius 3 is 2.57 bits per heavy atom. The maximum atomic E-state index is 12.9. The van der Waals surface area contributed by atoms with Gasteiger partial charge in [0.15, 0.2) is 11.6 Å². The molecule has 2 atom stereocenters. The first-order valence-corrected chi connectivity index (χ1v) is 13.0. The standard InChI is InChI=1S/C32H40N3O2/c1-8-32(5,22(2)3)26-15-13-24(14-16-26)31(33-6)35-28-17-12-23(4)25(18-29(36)19-28)21-34-27-10-9-11-30(20-27)37-7/h9-11,13-16,18,20,23,34H,2,7-8,12,17,19,21H2,1,3-6H3/q+1/b25-18-,33-31?,35-28?. The summed E-state index contributed by atoms with van der Waals surface area (Å²) in [6, 6.07) is 16.1. The van der Waals surface area contributed by atoms with Crippen LogP contribution in [0.25, 0.3) is 0 Å². The van der Waals surface area contributed by atoms with Crippen LogP contribution in [0.5, 0.6) is 5.75 Å².